The van der Waals surface area contributed by atoms with Crippen molar-refractivity contribution in [1.29, 1.82) is 0 Å². The van der Waals surface area contributed by atoms with E-state index in [1.54, 1.807) is 0 Å². The van der Waals surface area contributed by atoms with Gasteiger partial charge >= 0.3 is 17.1 Å². The average Bonchev–Trinajstić information content (AvgIpc) is 2.60. The van der Waals surface area contributed by atoms with Gasteiger partial charge in [-0.3, -0.25) is 0 Å². The minimum Gasteiger partial charge on any atom is -0.668 e. The second kappa shape index (κ2) is 12.6. The van der Waals surface area contributed by atoms with E-state index in [0.29, 0.717) is 0 Å². The van der Waals surface area contributed by atoms with Crippen LogP contribution in [0.25, 0.3) is 9.30 Å². The largest absolute Gasteiger partial charge is 3.00 e. The van der Waals surface area contributed by atoms with E-state index in [-0.39, 0.29) is 17.1 Å². The summed E-state index contributed by atoms with van der Waals surface area (Å²) in [5.41, 5.74) is 0. The minimum atomic E-state index is -1.11. The zero-order valence-corrected chi connectivity index (χ0v) is 23.5. The van der Waals surface area contributed by atoms with Gasteiger partial charge in [0.15, 0.2) is 0 Å². The number of ether oxygens (including phenoxy) is 1. The predicted molar refractivity (Wildman–Crippen MR) is 120 cm³/mol. The Labute approximate surface area is 168 Å². The Bertz CT molecular complexity index is 244. The van der Waals surface area contributed by atoms with Crippen LogP contribution in [-0.4, -0.2) is 39.5 Å². The van der Waals surface area contributed by atoms with Crippen LogP contribution in [-0.2, 0) is 21.8 Å². The molecule has 1 fully saturated rings. The third kappa shape index (κ3) is 34.6. The molecule has 0 spiro atoms. The number of hydrogen-bond acceptors (Lipinski definition) is 1. The molecule has 0 aromatic carbocycles. The molecule has 0 aromatic heterocycles. The van der Waals surface area contributed by atoms with Crippen molar-refractivity contribution in [1.82, 2.24) is 0 Å². The van der Waals surface area contributed by atoms with Gasteiger partial charge in [0, 0.05) is 6.61 Å². The first-order valence-corrected chi connectivity index (χ1v) is 22.6. The Morgan fingerprint density at radius 2 is 0.917 bits per heavy atom. The van der Waals surface area contributed by atoms with Crippen LogP contribution >= 0.6 is 0 Å². The molecule has 0 N–H and O–H groups in total. The van der Waals surface area contributed by atoms with E-state index in [4.69, 9.17) is 14.0 Å². The van der Waals surface area contributed by atoms with E-state index in [1.807, 2.05) is 6.61 Å². The van der Waals surface area contributed by atoms with Gasteiger partial charge in [-0.05, 0) is 0 Å². The molecule has 0 saturated carbocycles. The molecule has 1 radical (unpaired) electrons. The van der Waals surface area contributed by atoms with E-state index in [1.165, 1.54) is 6.42 Å². The molecule has 3 nitrogen and oxygen atoms in total. The molecular weight excluding hydrogens is 404 g/mol. The summed E-state index contributed by atoms with van der Waals surface area (Å²) in [6.45, 7) is 30.4. The first-order chi connectivity index (χ1) is 9.91. The summed E-state index contributed by atoms with van der Waals surface area (Å²) < 4.78 is 14.5. The van der Waals surface area contributed by atoms with Gasteiger partial charge in [0.25, 0.3) is 0 Å². The molecule has 0 unspecified atom stereocenters. The standard InChI is InChI=1S/2C6H18NSi2.C4H7O.Fe/c2*1-8(2,3)7-9(4,5)6;1-2-4-5-3-1;/h2*1-6H3;3H,1-2,4H2;/q3*-1;+3. The molecule has 1 aliphatic heterocycles. The van der Waals surface area contributed by atoms with Gasteiger partial charge in [-0.15, -0.1) is 0 Å². The van der Waals surface area contributed by atoms with E-state index >= 15 is 0 Å². The van der Waals surface area contributed by atoms with E-state index in [0.717, 1.165) is 13.0 Å². The molecule has 0 amide bonds. The Kier molecular flexibility index (Phi) is 15.8. The van der Waals surface area contributed by atoms with Crippen molar-refractivity contribution < 1.29 is 21.8 Å². The normalized spacial score (nSPS) is 15.5. The van der Waals surface area contributed by atoms with Gasteiger partial charge in [-0.1, -0.05) is 118 Å². The van der Waals surface area contributed by atoms with Crippen molar-refractivity contribution in [3.8, 4) is 0 Å². The van der Waals surface area contributed by atoms with Gasteiger partial charge in [-0.2, -0.15) is 6.42 Å². The molecule has 8 heteroatoms. The SMILES string of the molecule is C[Si](C)(C)[N-][Si](C)(C)C.C[Si](C)(C)[N-][Si](C)(C)C.[CH-]1CCCO1.[Fe+3]. The first-order valence-electron chi connectivity index (χ1n) is 8.83. The van der Waals surface area contributed by atoms with Crippen LogP contribution in [0, 0.1) is 6.61 Å². The topological polar surface area (TPSA) is 37.4 Å². The summed E-state index contributed by atoms with van der Waals surface area (Å²) in [7, 11) is -4.42. The molecular formula is C16H43FeN2OSi4. The van der Waals surface area contributed by atoms with Crippen LogP contribution in [0.1, 0.15) is 12.8 Å². The molecule has 0 aliphatic carbocycles. The van der Waals surface area contributed by atoms with Crippen molar-refractivity contribution in [3.63, 3.8) is 0 Å². The Morgan fingerprint density at radius 1 is 0.625 bits per heavy atom. The Morgan fingerprint density at radius 3 is 0.958 bits per heavy atom. The maximum Gasteiger partial charge on any atom is 3.00 e. The molecule has 0 bridgehead atoms. The van der Waals surface area contributed by atoms with Crippen LogP contribution in [0.2, 0.25) is 78.6 Å². The second-order valence-electron chi connectivity index (χ2n) is 10.1. The quantitative estimate of drug-likeness (QED) is 0.337. The Hall–Kier alpha value is 1.27. The van der Waals surface area contributed by atoms with E-state index in [2.05, 4.69) is 78.6 Å². The number of hydrogen-bond donors (Lipinski definition) is 0. The fourth-order valence-corrected chi connectivity index (χ4v) is 18.5. The molecule has 0 atom stereocenters. The van der Waals surface area contributed by atoms with Gasteiger partial charge in [0.2, 0.25) is 0 Å². The fraction of sp³-hybridized carbons (Fsp3) is 0.938. The second-order valence-corrected chi connectivity index (χ2v) is 29.2. The molecule has 1 aliphatic rings. The molecule has 1 rings (SSSR count). The number of rotatable bonds is 4. The summed E-state index contributed by atoms with van der Waals surface area (Å²) in [5, 5.41) is 0. The maximum absolute atomic E-state index is 4.82. The number of nitrogens with zero attached hydrogens (tertiary/aromatic N) is 2. The van der Waals surface area contributed by atoms with Gasteiger partial charge in [0.1, 0.15) is 0 Å². The predicted octanol–water partition coefficient (Wildman–Crippen LogP) is 7.02. The van der Waals surface area contributed by atoms with Gasteiger partial charge < -0.3 is 14.0 Å². The molecule has 147 valence electrons. The fourth-order valence-electron chi connectivity index (χ4n) is 2.43. The third-order valence-electron chi connectivity index (χ3n) is 2.04. The molecule has 24 heavy (non-hydrogen) atoms. The van der Waals surface area contributed by atoms with E-state index in [9.17, 15) is 0 Å². The van der Waals surface area contributed by atoms with Crippen LogP contribution in [0.4, 0.5) is 0 Å². The van der Waals surface area contributed by atoms with Crippen molar-refractivity contribution >= 4 is 32.9 Å². The summed E-state index contributed by atoms with van der Waals surface area (Å²) in [6, 6.07) is 0. The van der Waals surface area contributed by atoms with Gasteiger partial charge in [0.05, 0.1) is 0 Å². The van der Waals surface area contributed by atoms with Crippen molar-refractivity contribution in [3.05, 3.63) is 15.9 Å². The summed E-state index contributed by atoms with van der Waals surface area (Å²) in [4.78, 5) is 0. The molecule has 1 heterocycles. The van der Waals surface area contributed by atoms with E-state index < -0.39 is 32.9 Å². The maximum atomic E-state index is 4.82. The van der Waals surface area contributed by atoms with Gasteiger partial charge in [-0.25, -0.2) is 6.61 Å². The minimum absolute atomic E-state index is 0. The summed E-state index contributed by atoms with van der Waals surface area (Å²) >= 11 is 0. The molecule has 1 saturated heterocycles. The van der Waals surface area contributed by atoms with Crippen LogP contribution in [0.5, 0.6) is 0 Å². The Balaban J connectivity index is -0.000000279. The van der Waals surface area contributed by atoms with Crippen LogP contribution in [0.15, 0.2) is 0 Å². The van der Waals surface area contributed by atoms with Crippen LogP contribution < -0.4 is 0 Å². The summed E-state index contributed by atoms with van der Waals surface area (Å²) in [6.07, 6.45) is 2.38. The third-order valence-corrected chi connectivity index (χ3v) is 12.8. The first kappa shape index (κ1) is 30.0. The zero-order valence-electron chi connectivity index (χ0n) is 18.4. The van der Waals surface area contributed by atoms with Crippen molar-refractivity contribution in [2.45, 2.75) is 91.4 Å². The molecule has 0 aromatic rings. The summed E-state index contributed by atoms with van der Waals surface area (Å²) in [5.74, 6) is 0. The van der Waals surface area contributed by atoms with Crippen molar-refractivity contribution in [2.24, 2.45) is 0 Å². The average molecular weight is 448 g/mol. The monoisotopic (exact) mass is 447 g/mol. The zero-order chi connectivity index (χ0) is 18.9. The smallest absolute Gasteiger partial charge is 0.668 e. The van der Waals surface area contributed by atoms with Crippen LogP contribution in [0.3, 0.4) is 0 Å². The van der Waals surface area contributed by atoms with Crippen molar-refractivity contribution in [2.75, 3.05) is 6.61 Å².